The van der Waals surface area contributed by atoms with Gasteiger partial charge in [0.15, 0.2) is 0 Å². The lowest BCUT2D eigenvalue weighted by molar-refractivity contribution is 0.103. The van der Waals surface area contributed by atoms with Crippen molar-refractivity contribution >= 4 is 17.4 Å². The summed E-state index contributed by atoms with van der Waals surface area (Å²) >= 11 is 0. The van der Waals surface area contributed by atoms with Crippen molar-refractivity contribution in [2.24, 2.45) is 0 Å². The second kappa shape index (κ2) is 7.59. The third kappa shape index (κ3) is 3.68. The van der Waals surface area contributed by atoms with Crippen molar-refractivity contribution in [1.82, 2.24) is 20.3 Å². The van der Waals surface area contributed by atoms with E-state index in [4.69, 9.17) is 5.73 Å². The molecule has 1 saturated heterocycles. The lowest BCUT2D eigenvalue weighted by atomic mass is 10.1. The van der Waals surface area contributed by atoms with Crippen molar-refractivity contribution < 1.29 is 4.79 Å². The number of ketones is 1. The maximum atomic E-state index is 13.1. The number of nitrogens with two attached hydrogens (primary N) is 1. The molecule has 0 saturated carbocycles. The highest BCUT2D eigenvalue weighted by Crippen LogP contribution is 2.23. The number of hydrogen-bond acceptors (Lipinski definition) is 6. The van der Waals surface area contributed by atoms with Crippen LogP contribution in [0.15, 0.2) is 48.8 Å². The number of nitrogens with zero attached hydrogens (tertiary/aromatic N) is 3. The van der Waals surface area contributed by atoms with Gasteiger partial charge in [0.2, 0.25) is 5.78 Å². The first-order valence-electron chi connectivity index (χ1n) is 9.09. The summed E-state index contributed by atoms with van der Waals surface area (Å²) in [5.41, 5.74) is 8.43. The van der Waals surface area contributed by atoms with Crippen LogP contribution < -0.4 is 16.0 Å². The zero-order valence-electron chi connectivity index (χ0n) is 15.0. The minimum absolute atomic E-state index is 0.210. The van der Waals surface area contributed by atoms with Crippen molar-refractivity contribution in [3.63, 3.8) is 0 Å². The predicted octanol–water partition coefficient (Wildman–Crippen LogP) is 2.08. The SMILES string of the molecule is Nc1ncc(-c2ccc[nH]2)cc1C(=O)c1cccc(N2CCCNCC2)n1. The van der Waals surface area contributed by atoms with Gasteiger partial charge in [-0.2, -0.15) is 0 Å². The third-order valence-corrected chi connectivity index (χ3v) is 4.70. The van der Waals surface area contributed by atoms with E-state index in [-0.39, 0.29) is 11.6 Å². The van der Waals surface area contributed by atoms with E-state index in [2.05, 4.69) is 25.2 Å². The Morgan fingerprint density at radius 3 is 2.93 bits per heavy atom. The first-order chi connectivity index (χ1) is 13.2. The van der Waals surface area contributed by atoms with Gasteiger partial charge in [-0.1, -0.05) is 6.07 Å². The highest BCUT2D eigenvalue weighted by Gasteiger charge is 2.18. The summed E-state index contributed by atoms with van der Waals surface area (Å²) in [6, 6.07) is 11.1. The predicted molar refractivity (Wildman–Crippen MR) is 106 cm³/mol. The quantitative estimate of drug-likeness (QED) is 0.615. The summed E-state index contributed by atoms with van der Waals surface area (Å²) in [5.74, 6) is 0.807. The molecule has 0 aliphatic carbocycles. The Labute approximate surface area is 157 Å². The molecule has 0 amide bonds. The Morgan fingerprint density at radius 1 is 1.15 bits per heavy atom. The van der Waals surface area contributed by atoms with Crippen molar-refractivity contribution in [2.75, 3.05) is 36.8 Å². The number of aromatic amines is 1. The summed E-state index contributed by atoms with van der Waals surface area (Å²) in [6.45, 7) is 3.71. The minimum Gasteiger partial charge on any atom is -0.383 e. The van der Waals surface area contributed by atoms with E-state index in [1.54, 1.807) is 18.3 Å². The van der Waals surface area contributed by atoms with Gasteiger partial charge < -0.3 is 20.9 Å². The summed E-state index contributed by atoms with van der Waals surface area (Å²) in [7, 11) is 0. The normalized spacial score (nSPS) is 14.7. The number of pyridine rings is 2. The van der Waals surface area contributed by atoms with Crippen LogP contribution in [0, 0.1) is 0 Å². The number of rotatable bonds is 4. The van der Waals surface area contributed by atoms with Crippen molar-refractivity contribution in [3.8, 4) is 11.3 Å². The molecule has 0 bridgehead atoms. The van der Waals surface area contributed by atoms with Crippen LogP contribution in [-0.2, 0) is 0 Å². The topological polar surface area (TPSA) is 99.9 Å². The van der Waals surface area contributed by atoms with Crippen LogP contribution in [0.1, 0.15) is 22.5 Å². The average Bonchev–Trinajstić information content (AvgIpc) is 3.10. The van der Waals surface area contributed by atoms with Crippen LogP contribution in [0.5, 0.6) is 0 Å². The summed E-state index contributed by atoms with van der Waals surface area (Å²) in [5, 5.41) is 3.37. The van der Waals surface area contributed by atoms with Crippen LogP contribution >= 0.6 is 0 Å². The molecule has 7 heteroatoms. The first kappa shape index (κ1) is 17.2. The Balaban J connectivity index is 1.65. The maximum absolute atomic E-state index is 13.1. The van der Waals surface area contributed by atoms with E-state index in [0.717, 1.165) is 49.7 Å². The van der Waals surface area contributed by atoms with Gasteiger partial charge in [0.25, 0.3) is 0 Å². The number of carbonyl (C=O) groups is 1. The number of nitrogen functional groups attached to an aromatic ring is 1. The zero-order chi connectivity index (χ0) is 18.6. The Morgan fingerprint density at radius 2 is 2.07 bits per heavy atom. The summed E-state index contributed by atoms with van der Waals surface area (Å²) in [4.78, 5) is 27.2. The lowest BCUT2D eigenvalue weighted by Crippen LogP contribution is -2.29. The number of anilines is 2. The van der Waals surface area contributed by atoms with Crippen LogP contribution in [0.25, 0.3) is 11.3 Å². The highest BCUT2D eigenvalue weighted by molar-refractivity contribution is 6.11. The van der Waals surface area contributed by atoms with E-state index in [0.29, 0.717) is 11.3 Å². The fraction of sp³-hybridized carbons (Fsp3) is 0.250. The van der Waals surface area contributed by atoms with Gasteiger partial charge in [0, 0.05) is 43.3 Å². The molecule has 1 aliphatic rings. The molecule has 0 unspecified atom stereocenters. The van der Waals surface area contributed by atoms with Gasteiger partial charge in [-0.15, -0.1) is 0 Å². The Hall–Kier alpha value is -3.19. The van der Waals surface area contributed by atoms with Crippen molar-refractivity contribution in [3.05, 3.63) is 60.0 Å². The molecule has 4 N–H and O–H groups in total. The molecule has 3 aromatic heterocycles. The molecule has 0 spiro atoms. The van der Waals surface area contributed by atoms with Crippen molar-refractivity contribution in [1.29, 1.82) is 0 Å². The Bertz CT molecular complexity index is 929. The van der Waals surface area contributed by atoms with E-state index in [9.17, 15) is 4.79 Å². The van der Waals surface area contributed by atoms with Crippen LogP contribution in [0.2, 0.25) is 0 Å². The van der Waals surface area contributed by atoms with E-state index in [1.807, 2.05) is 30.5 Å². The van der Waals surface area contributed by atoms with E-state index < -0.39 is 0 Å². The molecule has 7 nitrogen and oxygen atoms in total. The molecule has 0 radical (unpaired) electrons. The van der Waals surface area contributed by atoms with E-state index >= 15 is 0 Å². The molecule has 27 heavy (non-hydrogen) atoms. The standard InChI is InChI=1S/C20H22N6O/c21-20-15(12-14(13-24-20)16-5-2-8-23-16)19(27)17-4-1-6-18(25-17)26-10-3-7-22-9-11-26/h1-2,4-6,8,12-13,22-23H,3,7,9-11H2,(H2,21,24). The van der Waals surface area contributed by atoms with Gasteiger partial charge in [-0.05, 0) is 43.3 Å². The monoisotopic (exact) mass is 362 g/mol. The molecule has 4 heterocycles. The number of H-pyrrole nitrogens is 1. The molecule has 0 atom stereocenters. The lowest BCUT2D eigenvalue weighted by Gasteiger charge is -2.21. The molecule has 1 fully saturated rings. The van der Waals surface area contributed by atoms with Gasteiger partial charge in [-0.3, -0.25) is 4.79 Å². The van der Waals surface area contributed by atoms with Crippen LogP contribution in [-0.4, -0.2) is 46.9 Å². The molecule has 138 valence electrons. The average molecular weight is 362 g/mol. The van der Waals surface area contributed by atoms with Crippen LogP contribution in [0.4, 0.5) is 11.6 Å². The third-order valence-electron chi connectivity index (χ3n) is 4.70. The highest BCUT2D eigenvalue weighted by atomic mass is 16.1. The van der Waals surface area contributed by atoms with Crippen molar-refractivity contribution in [2.45, 2.75) is 6.42 Å². The van der Waals surface area contributed by atoms with Gasteiger partial charge in [0.1, 0.15) is 17.3 Å². The molecule has 3 aromatic rings. The first-order valence-corrected chi connectivity index (χ1v) is 9.09. The summed E-state index contributed by atoms with van der Waals surface area (Å²) < 4.78 is 0. The fourth-order valence-electron chi connectivity index (χ4n) is 3.25. The zero-order valence-corrected chi connectivity index (χ0v) is 15.0. The molecule has 1 aliphatic heterocycles. The maximum Gasteiger partial charge on any atom is 0.215 e. The van der Waals surface area contributed by atoms with Gasteiger partial charge in [0.05, 0.1) is 5.56 Å². The minimum atomic E-state index is -0.219. The smallest absolute Gasteiger partial charge is 0.215 e. The largest absolute Gasteiger partial charge is 0.383 e. The number of aromatic nitrogens is 3. The second-order valence-corrected chi connectivity index (χ2v) is 6.54. The number of nitrogens with one attached hydrogen (secondary N) is 2. The van der Waals surface area contributed by atoms with Gasteiger partial charge in [-0.25, -0.2) is 9.97 Å². The molecular weight excluding hydrogens is 340 g/mol. The van der Waals surface area contributed by atoms with Gasteiger partial charge >= 0.3 is 0 Å². The Kier molecular flexibility index (Phi) is 4.84. The van der Waals surface area contributed by atoms with Crippen LogP contribution in [0.3, 0.4) is 0 Å². The molecule has 0 aromatic carbocycles. The molecule has 4 rings (SSSR count). The summed E-state index contributed by atoms with van der Waals surface area (Å²) in [6.07, 6.45) is 4.54. The second-order valence-electron chi connectivity index (χ2n) is 6.54. The number of carbonyl (C=O) groups excluding carboxylic acids is 1. The number of hydrogen-bond donors (Lipinski definition) is 3. The molecular formula is C20H22N6O. The fourth-order valence-corrected chi connectivity index (χ4v) is 3.25. The van der Waals surface area contributed by atoms with E-state index in [1.165, 1.54) is 0 Å².